The van der Waals surface area contributed by atoms with Crippen LogP contribution in [0.2, 0.25) is 0 Å². The Hall–Kier alpha value is -5.33. The molecule has 0 saturated heterocycles. The second-order valence-corrected chi connectivity index (χ2v) is 21.5. The monoisotopic (exact) mass is 1220 g/mol. The van der Waals surface area contributed by atoms with E-state index in [1.807, 2.05) is 0 Å². The molecule has 0 heterocycles. The molecular weight excluding hydrogens is 1170 g/mol. The van der Waals surface area contributed by atoms with Crippen LogP contribution in [0.3, 0.4) is 0 Å². The maximum Gasteiger partial charge on any atom is 0.460 e. The summed E-state index contributed by atoms with van der Waals surface area (Å²) in [6, 6.07) is 8.75. The summed E-state index contributed by atoms with van der Waals surface area (Å²) < 4.78 is 379. The minimum absolute atomic E-state index is 0.252. The van der Waals surface area contributed by atoms with Crippen LogP contribution >= 0.6 is 10.3 Å². The Morgan fingerprint density at radius 1 is 0.350 bits per heavy atom. The van der Waals surface area contributed by atoms with Crippen molar-refractivity contribution in [2.45, 2.75) is 200 Å². The van der Waals surface area contributed by atoms with E-state index in [2.05, 4.69) is 0 Å². The van der Waals surface area contributed by atoms with Gasteiger partial charge in [0.15, 0.2) is 0 Å². The fraction of sp³-hybridized carbons (Fsp3) is 0.604. The zero-order chi connectivity index (χ0) is 62.6. The Labute approximate surface area is 443 Å². The molecule has 0 aliphatic heterocycles. The number of rotatable bonds is 26. The summed E-state index contributed by atoms with van der Waals surface area (Å²) in [6.45, 7) is 16.4. The summed E-state index contributed by atoms with van der Waals surface area (Å²) in [5.74, 6) is -99.5. The van der Waals surface area contributed by atoms with Crippen molar-refractivity contribution in [1.29, 1.82) is 0 Å². The van der Waals surface area contributed by atoms with Crippen LogP contribution in [0.4, 0.5) is 101 Å². The van der Waals surface area contributed by atoms with Gasteiger partial charge in [0.1, 0.15) is 44.3 Å². The van der Waals surface area contributed by atoms with E-state index in [-0.39, 0.29) is 11.5 Å². The quantitative estimate of drug-likeness (QED) is 0.0736. The Morgan fingerprint density at radius 2 is 0.588 bits per heavy atom. The summed E-state index contributed by atoms with van der Waals surface area (Å²) in [4.78, 5) is 11.8. The minimum atomic E-state index is -9.67. The van der Waals surface area contributed by atoms with E-state index in [4.69, 9.17) is 32.6 Å². The van der Waals surface area contributed by atoms with Crippen LogP contribution in [0.15, 0.2) is 69.3 Å². The molecule has 0 atom stereocenters. The molecular formula is C48H51F23O8S. The lowest BCUT2D eigenvalue weighted by Gasteiger charge is -2.46. The smallest absolute Gasteiger partial charge is 0.460 e. The van der Waals surface area contributed by atoms with Crippen molar-refractivity contribution in [3.05, 3.63) is 54.6 Å². The molecule has 0 N–H and O–H groups in total. The highest BCUT2D eigenvalue weighted by atomic mass is 32.3. The van der Waals surface area contributed by atoms with Crippen molar-refractivity contribution >= 4 is 16.3 Å². The molecule has 32 heteroatoms. The highest BCUT2D eigenvalue weighted by Gasteiger charge is 2.99. The van der Waals surface area contributed by atoms with Crippen molar-refractivity contribution in [2.75, 3.05) is 0 Å². The normalized spacial score (nSPS) is 14.6. The Kier molecular flexibility index (Phi) is 19.6. The second kappa shape index (κ2) is 22.8. The van der Waals surface area contributed by atoms with Gasteiger partial charge in [0.25, 0.3) is 0 Å². The van der Waals surface area contributed by atoms with Gasteiger partial charge in [-0.2, -0.15) is 101 Å². The molecule has 0 aliphatic carbocycles. The summed E-state index contributed by atoms with van der Waals surface area (Å²) in [7, 11) is -5.35. The first-order chi connectivity index (χ1) is 35.7. The lowest BCUT2D eigenvalue weighted by molar-refractivity contribution is -0.477. The third-order valence-electron chi connectivity index (χ3n) is 10.2. The molecule has 3 aromatic carbocycles. The van der Waals surface area contributed by atoms with Gasteiger partial charge >= 0.3 is 71.4 Å². The fourth-order valence-corrected chi connectivity index (χ4v) is 10.2. The van der Waals surface area contributed by atoms with Crippen LogP contribution in [0, 0.1) is 0 Å². The lowest BCUT2D eigenvalue weighted by Crippen LogP contribution is -2.78. The van der Waals surface area contributed by atoms with Gasteiger partial charge in [-0.1, -0.05) is 18.2 Å². The largest absolute Gasteiger partial charge is 0.491 e. The number of alkyl halides is 23. The fourth-order valence-electron chi connectivity index (χ4n) is 6.85. The number of carbonyl (C=O) groups excluding carboxylic acids is 1. The van der Waals surface area contributed by atoms with Crippen LogP contribution in [-0.2, 0) is 8.98 Å². The Morgan fingerprint density at radius 3 is 0.825 bits per heavy atom. The molecule has 0 radical (unpaired) electrons. The number of ether oxygens (including phenoxy) is 6. The van der Waals surface area contributed by atoms with Gasteiger partial charge in [-0.15, -0.1) is 0 Å². The summed E-state index contributed by atoms with van der Waals surface area (Å²) >= 11 is 0. The number of halogens is 23. The first-order valence-corrected chi connectivity index (χ1v) is 24.6. The van der Waals surface area contributed by atoms with Crippen molar-refractivity contribution in [1.82, 2.24) is 0 Å². The summed E-state index contributed by atoms with van der Waals surface area (Å²) in [6.07, 6.45) is -14.2. The molecule has 0 aromatic heterocycles. The maximum absolute atomic E-state index is 16.7. The van der Waals surface area contributed by atoms with E-state index in [0.29, 0.717) is 0 Å². The third-order valence-corrected chi connectivity index (χ3v) is 13.5. The van der Waals surface area contributed by atoms with Gasteiger partial charge in [0, 0.05) is 39.5 Å². The molecule has 8 nitrogen and oxygen atoms in total. The van der Waals surface area contributed by atoms with Crippen LogP contribution in [0.5, 0.6) is 34.5 Å². The molecule has 458 valence electrons. The molecule has 0 bridgehead atoms. The van der Waals surface area contributed by atoms with Gasteiger partial charge < -0.3 is 32.6 Å². The van der Waals surface area contributed by atoms with Crippen molar-refractivity contribution < 1.29 is 138 Å². The summed E-state index contributed by atoms with van der Waals surface area (Å²) in [5, 5.41) is 0. The van der Waals surface area contributed by atoms with Crippen LogP contribution in [-0.4, -0.2) is 108 Å². The molecule has 0 saturated carbocycles. The Balaban J connectivity index is 2.73. The zero-order valence-corrected chi connectivity index (χ0v) is 44.3. The van der Waals surface area contributed by atoms with Gasteiger partial charge in [-0.25, -0.2) is 4.79 Å². The predicted octanol–water partition coefficient (Wildman–Crippen LogP) is 17.1. The van der Waals surface area contributed by atoms with Crippen LogP contribution in [0.1, 0.15) is 83.1 Å². The van der Waals surface area contributed by atoms with E-state index < -0.39 is 156 Å². The Bertz CT molecular complexity index is 2480. The predicted molar refractivity (Wildman–Crippen MR) is 238 cm³/mol. The van der Waals surface area contributed by atoms with E-state index in [1.54, 1.807) is 0 Å². The average Bonchev–Trinajstić information content (AvgIpc) is 3.26. The van der Waals surface area contributed by atoms with Crippen molar-refractivity contribution in [2.24, 2.45) is 0 Å². The standard InChI is InChI=1S/C48H51F23O8S/c1-22(2)73-28-18-31(75-24(5)6)35(32(19-28)76-25(7)8)80(30-16-14-13-15-17-30,36-33(77-26(9)10)20-29(74-23(3)4)21-34(36)78-27(11)12)79-37(72)38(49,50)39(51,52)40(53,54)41(55,56)42(57,58)43(59,60)44(61,62)45(63,64)46(65,66)47(67,68)48(69,70)71/h13-27H,1-12H3. The van der Waals surface area contributed by atoms with E-state index >= 15 is 43.9 Å². The minimum Gasteiger partial charge on any atom is -0.491 e. The topological polar surface area (TPSA) is 81.7 Å². The van der Waals surface area contributed by atoms with E-state index in [1.165, 1.54) is 89.2 Å². The zero-order valence-electron chi connectivity index (χ0n) is 43.5. The first-order valence-electron chi connectivity index (χ1n) is 23.1. The molecule has 0 aliphatic rings. The number of hydrogen-bond acceptors (Lipinski definition) is 8. The highest BCUT2D eigenvalue weighted by molar-refractivity contribution is 8.30. The molecule has 3 aromatic rings. The molecule has 3 rings (SSSR count). The van der Waals surface area contributed by atoms with Gasteiger partial charge in [0.05, 0.1) is 36.6 Å². The SMILES string of the molecule is CC(C)Oc1cc(OC(C)C)c(S(OC(=O)C(F)(F)C(F)(F)C(F)(F)C(F)(F)C(F)(F)C(F)(F)C(F)(F)C(F)(F)C(F)(F)C(F)(F)C(F)(F)F)(c2ccccc2)c2c(OC(C)C)cc(OC(C)C)cc2OC(C)C)c(OC(C)C)c1. The van der Waals surface area contributed by atoms with Gasteiger partial charge in [0.2, 0.25) is 0 Å². The summed E-state index contributed by atoms with van der Waals surface area (Å²) in [5.41, 5.74) is 0. The van der Waals surface area contributed by atoms with Crippen molar-refractivity contribution in [3.63, 3.8) is 0 Å². The molecule has 0 fully saturated rings. The van der Waals surface area contributed by atoms with E-state index in [0.717, 1.165) is 48.5 Å². The van der Waals surface area contributed by atoms with Crippen LogP contribution in [0.25, 0.3) is 0 Å². The average molecular weight is 1220 g/mol. The second-order valence-electron chi connectivity index (χ2n) is 19.0. The van der Waals surface area contributed by atoms with Crippen LogP contribution < -0.4 is 28.4 Å². The highest BCUT2D eigenvalue weighted by Crippen LogP contribution is 2.78. The van der Waals surface area contributed by atoms with Gasteiger partial charge in [-0.3, -0.25) is 0 Å². The maximum atomic E-state index is 16.7. The molecule has 80 heavy (non-hydrogen) atoms. The lowest BCUT2D eigenvalue weighted by atomic mass is 9.85. The molecule has 0 unspecified atom stereocenters. The number of benzene rings is 3. The third kappa shape index (κ3) is 11.8. The molecule has 0 spiro atoms. The number of carbonyl (C=O) groups is 1. The van der Waals surface area contributed by atoms with Crippen molar-refractivity contribution in [3.8, 4) is 34.5 Å². The van der Waals surface area contributed by atoms with E-state index in [9.17, 15) is 61.9 Å². The first kappa shape index (κ1) is 68.9. The van der Waals surface area contributed by atoms with Gasteiger partial charge in [-0.05, 0) is 95.2 Å². The number of hydrogen-bond donors (Lipinski definition) is 0. The molecule has 0 amide bonds.